The monoisotopic (exact) mass is 495 g/mol. The van der Waals surface area contributed by atoms with Crippen LogP contribution in [0.5, 0.6) is 11.5 Å². The molecule has 9 heteroatoms. The van der Waals surface area contributed by atoms with Crippen LogP contribution >= 0.6 is 10.0 Å². The van der Waals surface area contributed by atoms with Gasteiger partial charge in [0.2, 0.25) is 5.56 Å². The molecule has 1 atom stereocenters. The van der Waals surface area contributed by atoms with Crippen molar-refractivity contribution in [3.63, 3.8) is 0 Å². The molecule has 0 radical (unpaired) electrons. The number of anilines is 1. The predicted molar refractivity (Wildman–Crippen MR) is 138 cm³/mol. The molecular formula is C26H29N3O5S. The van der Waals surface area contributed by atoms with E-state index < -0.39 is 16.1 Å². The lowest BCUT2D eigenvalue weighted by molar-refractivity contribution is -0.120. The second-order valence-corrected chi connectivity index (χ2v) is 13.1. The molecule has 0 spiro atoms. The summed E-state index contributed by atoms with van der Waals surface area (Å²) in [7, 11) is 0.660. The normalized spacial score (nSPS) is 15.9. The molecule has 1 aliphatic rings. The van der Waals surface area contributed by atoms with Gasteiger partial charge < -0.3 is 24.7 Å². The lowest BCUT2D eigenvalue weighted by Gasteiger charge is -2.29. The van der Waals surface area contributed by atoms with E-state index in [0.717, 1.165) is 0 Å². The quantitative estimate of drug-likeness (QED) is 0.563. The molecule has 1 aromatic heterocycles. The minimum atomic E-state index is -0.953. The Balaban J connectivity index is 1.71. The summed E-state index contributed by atoms with van der Waals surface area (Å²) in [4.78, 5) is 43.8. The second-order valence-electron chi connectivity index (χ2n) is 8.95. The van der Waals surface area contributed by atoms with Crippen LogP contribution in [0.15, 0.2) is 70.5 Å². The molecule has 1 unspecified atom stereocenters. The van der Waals surface area contributed by atoms with E-state index in [1.165, 1.54) is 28.1 Å². The molecule has 0 aliphatic carbocycles. The summed E-state index contributed by atoms with van der Waals surface area (Å²) >= 11 is 0. The first-order valence-corrected chi connectivity index (χ1v) is 13.9. The molecule has 1 aliphatic heterocycles. The van der Waals surface area contributed by atoms with Gasteiger partial charge in [-0.25, -0.2) is 10.0 Å². The maximum absolute atomic E-state index is 13.7. The zero-order valence-electron chi connectivity index (χ0n) is 20.2. The summed E-state index contributed by atoms with van der Waals surface area (Å²) in [5, 5.41) is 2.96. The maximum atomic E-state index is 13.7. The lowest BCUT2D eigenvalue weighted by atomic mass is 10.0. The van der Waals surface area contributed by atoms with E-state index in [1.54, 1.807) is 25.3 Å². The SMILES string of the molecule is COc1ccc2c(c1)OCCN(C(=O)c1ccc(=O)[nH]c1)C2C(=O)Nc1ccc(S(C)(C)C)cc1. The topological polar surface area (TPSA) is 101 Å². The highest BCUT2D eigenvalue weighted by atomic mass is 32.3. The molecule has 2 amide bonds. The Morgan fingerprint density at radius 1 is 1.09 bits per heavy atom. The summed E-state index contributed by atoms with van der Waals surface area (Å²) < 4.78 is 11.2. The van der Waals surface area contributed by atoms with Crippen molar-refractivity contribution in [1.29, 1.82) is 0 Å². The third-order valence-corrected chi connectivity index (χ3v) is 7.47. The highest BCUT2D eigenvalue weighted by molar-refractivity contribution is 8.32. The van der Waals surface area contributed by atoms with Crippen molar-refractivity contribution in [2.24, 2.45) is 0 Å². The molecule has 35 heavy (non-hydrogen) atoms. The number of rotatable bonds is 5. The van der Waals surface area contributed by atoms with Gasteiger partial charge in [0.1, 0.15) is 24.1 Å². The second kappa shape index (κ2) is 9.87. The van der Waals surface area contributed by atoms with Gasteiger partial charge in [-0.05, 0) is 66.1 Å². The van der Waals surface area contributed by atoms with Crippen LogP contribution in [0, 0.1) is 0 Å². The number of aromatic amines is 1. The molecule has 4 rings (SSSR count). The summed E-state index contributed by atoms with van der Waals surface area (Å²) in [6, 6.07) is 14.8. The molecule has 0 bridgehead atoms. The van der Waals surface area contributed by atoms with Crippen molar-refractivity contribution in [2.45, 2.75) is 10.9 Å². The molecule has 2 aromatic carbocycles. The Bertz CT molecular complexity index is 1280. The number of carbonyl (C=O) groups is 2. The van der Waals surface area contributed by atoms with E-state index in [4.69, 9.17) is 9.47 Å². The number of nitrogens with zero attached hydrogens (tertiary/aromatic N) is 1. The highest BCUT2D eigenvalue weighted by Crippen LogP contribution is 2.45. The average molecular weight is 496 g/mol. The van der Waals surface area contributed by atoms with Gasteiger partial charge in [-0.15, -0.1) is 0 Å². The summed E-state index contributed by atoms with van der Waals surface area (Å²) in [5.41, 5.74) is 1.15. The lowest BCUT2D eigenvalue weighted by Crippen LogP contribution is -2.42. The van der Waals surface area contributed by atoms with E-state index in [0.29, 0.717) is 22.7 Å². The maximum Gasteiger partial charge on any atom is 0.256 e. The van der Waals surface area contributed by atoms with Crippen molar-refractivity contribution < 1.29 is 19.1 Å². The van der Waals surface area contributed by atoms with Crippen molar-refractivity contribution in [3.8, 4) is 11.5 Å². The van der Waals surface area contributed by atoms with Crippen molar-refractivity contribution in [2.75, 3.05) is 44.3 Å². The standard InChI is InChI=1S/C26H29N3O5S/c1-33-19-8-11-21-22(15-19)34-14-13-29(26(32)17-5-12-23(30)27-16-17)24(21)25(31)28-18-6-9-20(10-7-18)35(2,3)4/h5-12,15-16,24H,13-14H2,1-4H3,(H,27,30)(H,28,31). The van der Waals surface area contributed by atoms with Crippen molar-refractivity contribution in [3.05, 3.63) is 82.3 Å². The van der Waals surface area contributed by atoms with E-state index >= 15 is 0 Å². The van der Waals surface area contributed by atoms with E-state index in [9.17, 15) is 14.4 Å². The number of hydrogen-bond acceptors (Lipinski definition) is 5. The third kappa shape index (κ3) is 5.35. The van der Waals surface area contributed by atoms with Gasteiger partial charge >= 0.3 is 0 Å². The number of fused-ring (bicyclic) bond motifs is 1. The van der Waals surface area contributed by atoms with Crippen LogP contribution in [-0.2, 0) is 4.79 Å². The summed E-state index contributed by atoms with van der Waals surface area (Å²) in [5.74, 6) is 0.312. The van der Waals surface area contributed by atoms with Crippen LogP contribution in [0.25, 0.3) is 0 Å². The van der Waals surface area contributed by atoms with E-state index in [2.05, 4.69) is 29.1 Å². The number of nitrogens with one attached hydrogen (secondary N) is 2. The molecular weight excluding hydrogens is 466 g/mol. The number of benzene rings is 2. The van der Waals surface area contributed by atoms with Gasteiger partial charge in [-0.2, -0.15) is 0 Å². The van der Waals surface area contributed by atoms with Crippen LogP contribution in [0.3, 0.4) is 0 Å². The van der Waals surface area contributed by atoms with E-state index in [-0.39, 0.29) is 36.1 Å². The minimum Gasteiger partial charge on any atom is -0.497 e. The summed E-state index contributed by atoms with van der Waals surface area (Å²) in [6.07, 6.45) is 7.97. The fraction of sp³-hybridized carbons (Fsp3) is 0.269. The fourth-order valence-corrected chi connectivity index (χ4v) is 4.86. The molecule has 0 saturated carbocycles. The van der Waals surface area contributed by atoms with Gasteiger partial charge in [0.05, 0.1) is 19.2 Å². The smallest absolute Gasteiger partial charge is 0.256 e. The number of carbonyl (C=O) groups excluding carboxylic acids is 2. The Kier molecular flexibility index (Phi) is 6.88. The number of pyridine rings is 1. The van der Waals surface area contributed by atoms with Crippen LogP contribution in [0.1, 0.15) is 22.0 Å². The molecule has 2 N–H and O–H groups in total. The molecule has 2 heterocycles. The molecule has 8 nitrogen and oxygen atoms in total. The number of methoxy groups -OCH3 is 1. The molecule has 0 fully saturated rings. The Morgan fingerprint density at radius 3 is 2.46 bits per heavy atom. The van der Waals surface area contributed by atoms with Crippen LogP contribution < -0.4 is 20.3 Å². The Morgan fingerprint density at radius 2 is 1.83 bits per heavy atom. The number of amides is 2. The molecule has 3 aromatic rings. The first kappa shape index (κ1) is 24.4. The fourth-order valence-electron chi connectivity index (χ4n) is 3.91. The zero-order chi connectivity index (χ0) is 25.2. The van der Waals surface area contributed by atoms with Gasteiger partial charge in [-0.1, -0.05) is 0 Å². The summed E-state index contributed by atoms with van der Waals surface area (Å²) in [6.45, 7) is 0.376. The van der Waals surface area contributed by atoms with E-state index in [1.807, 2.05) is 24.3 Å². The van der Waals surface area contributed by atoms with Gasteiger partial charge in [0, 0.05) is 29.6 Å². The van der Waals surface area contributed by atoms with Crippen molar-refractivity contribution in [1.82, 2.24) is 9.88 Å². The largest absolute Gasteiger partial charge is 0.497 e. The number of hydrogen-bond donors (Lipinski definition) is 2. The van der Waals surface area contributed by atoms with Gasteiger partial charge in [0.25, 0.3) is 11.8 Å². The minimum absolute atomic E-state index is 0.180. The molecule has 184 valence electrons. The predicted octanol–water partition coefficient (Wildman–Crippen LogP) is 3.65. The van der Waals surface area contributed by atoms with Crippen LogP contribution in [0.4, 0.5) is 5.69 Å². The first-order chi connectivity index (χ1) is 16.7. The number of H-pyrrole nitrogens is 1. The van der Waals surface area contributed by atoms with Crippen LogP contribution in [-0.4, -0.2) is 60.7 Å². The first-order valence-electron chi connectivity index (χ1n) is 11.1. The molecule has 0 saturated heterocycles. The van der Waals surface area contributed by atoms with Gasteiger partial charge in [-0.3, -0.25) is 14.4 Å². The zero-order valence-corrected chi connectivity index (χ0v) is 21.0. The number of ether oxygens (including phenoxy) is 2. The highest BCUT2D eigenvalue weighted by Gasteiger charge is 2.36. The van der Waals surface area contributed by atoms with Gasteiger partial charge in [0.15, 0.2) is 0 Å². The third-order valence-electron chi connectivity index (χ3n) is 5.79. The Hall–Kier alpha value is -3.72. The average Bonchev–Trinajstić information content (AvgIpc) is 3.03. The van der Waals surface area contributed by atoms with Crippen molar-refractivity contribution >= 4 is 27.5 Å². The number of aromatic nitrogens is 1. The Labute approximate surface area is 205 Å². The van der Waals surface area contributed by atoms with Crippen LogP contribution in [0.2, 0.25) is 0 Å².